The first-order chi connectivity index (χ1) is 12.3. The SMILES string of the molecule is Fc1ccccc1-c1nc2ccccc2n1CCOc1ccccc1. The summed E-state index contributed by atoms with van der Waals surface area (Å²) >= 11 is 0. The zero-order valence-corrected chi connectivity index (χ0v) is 13.6. The average molecular weight is 332 g/mol. The first kappa shape index (κ1) is 15.4. The number of benzene rings is 3. The summed E-state index contributed by atoms with van der Waals surface area (Å²) in [5.74, 6) is 1.17. The number of para-hydroxylation sites is 3. The van der Waals surface area contributed by atoms with Crippen LogP contribution in [-0.4, -0.2) is 16.2 Å². The van der Waals surface area contributed by atoms with Gasteiger partial charge < -0.3 is 9.30 Å². The van der Waals surface area contributed by atoms with Crippen molar-refractivity contribution >= 4 is 11.0 Å². The zero-order valence-electron chi connectivity index (χ0n) is 13.6. The lowest BCUT2D eigenvalue weighted by molar-refractivity contribution is 0.301. The number of hydrogen-bond donors (Lipinski definition) is 0. The normalized spacial score (nSPS) is 10.9. The molecule has 4 rings (SSSR count). The lowest BCUT2D eigenvalue weighted by atomic mass is 10.2. The lowest BCUT2D eigenvalue weighted by Gasteiger charge is -2.11. The minimum Gasteiger partial charge on any atom is -0.492 e. The molecule has 4 aromatic rings. The third-order valence-corrected chi connectivity index (χ3v) is 4.10. The summed E-state index contributed by atoms with van der Waals surface area (Å²) in [5, 5.41) is 0. The molecule has 4 heteroatoms. The van der Waals surface area contributed by atoms with E-state index in [1.54, 1.807) is 12.1 Å². The Morgan fingerprint density at radius 1 is 0.840 bits per heavy atom. The van der Waals surface area contributed by atoms with Crippen LogP contribution in [0.4, 0.5) is 4.39 Å². The Morgan fingerprint density at radius 3 is 2.40 bits per heavy atom. The molecule has 1 aromatic heterocycles. The second kappa shape index (κ2) is 6.77. The number of hydrogen-bond acceptors (Lipinski definition) is 2. The van der Waals surface area contributed by atoms with Crippen LogP contribution in [0.5, 0.6) is 5.75 Å². The van der Waals surface area contributed by atoms with Crippen molar-refractivity contribution in [1.29, 1.82) is 0 Å². The predicted molar refractivity (Wildman–Crippen MR) is 97.1 cm³/mol. The molecule has 0 aliphatic carbocycles. The van der Waals surface area contributed by atoms with Gasteiger partial charge in [-0.1, -0.05) is 42.5 Å². The number of ether oxygens (including phenoxy) is 1. The molecular formula is C21H17FN2O. The van der Waals surface area contributed by atoms with Crippen LogP contribution in [-0.2, 0) is 6.54 Å². The average Bonchev–Trinajstić information content (AvgIpc) is 3.02. The van der Waals surface area contributed by atoms with Gasteiger partial charge in [0.2, 0.25) is 0 Å². The van der Waals surface area contributed by atoms with Gasteiger partial charge in [0.25, 0.3) is 0 Å². The molecule has 1 heterocycles. The molecule has 3 nitrogen and oxygen atoms in total. The van der Waals surface area contributed by atoms with Crippen molar-refractivity contribution in [3.63, 3.8) is 0 Å². The maximum absolute atomic E-state index is 14.3. The highest BCUT2D eigenvalue weighted by atomic mass is 19.1. The quantitative estimate of drug-likeness (QED) is 0.518. The minimum atomic E-state index is -0.275. The van der Waals surface area contributed by atoms with Crippen LogP contribution in [0, 0.1) is 5.82 Å². The molecule has 0 bridgehead atoms. The maximum atomic E-state index is 14.3. The van der Waals surface area contributed by atoms with E-state index in [4.69, 9.17) is 4.74 Å². The number of aromatic nitrogens is 2. The molecule has 0 atom stereocenters. The molecule has 0 spiro atoms. The highest BCUT2D eigenvalue weighted by Gasteiger charge is 2.15. The first-order valence-electron chi connectivity index (χ1n) is 8.21. The summed E-state index contributed by atoms with van der Waals surface area (Å²) in [5.41, 5.74) is 2.32. The Labute approximate surface area is 145 Å². The molecular weight excluding hydrogens is 315 g/mol. The third kappa shape index (κ3) is 3.11. The van der Waals surface area contributed by atoms with Crippen LogP contribution in [0.1, 0.15) is 0 Å². The van der Waals surface area contributed by atoms with Gasteiger partial charge >= 0.3 is 0 Å². The molecule has 0 aliphatic rings. The first-order valence-corrected chi connectivity index (χ1v) is 8.21. The van der Waals surface area contributed by atoms with Gasteiger partial charge in [-0.3, -0.25) is 0 Å². The standard InChI is InChI=1S/C21H17FN2O/c22-18-11-5-4-10-17(18)21-23-19-12-6-7-13-20(19)24(21)14-15-25-16-8-2-1-3-9-16/h1-13H,14-15H2. The number of fused-ring (bicyclic) bond motifs is 1. The van der Waals surface area contributed by atoms with Crippen molar-refractivity contribution < 1.29 is 9.13 Å². The Morgan fingerprint density at radius 2 is 1.56 bits per heavy atom. The summed E-state index contributed by atoms with van der Waals surface area (Å²) in [6, 6.07) is 24.2. The van der Waals surface area contributed by atoms with Gasteiger partial charge in [-0.25, -0.2) is 9.37 Å². The van der Waals surface area contributed by atoms with Gasteiger partial charge in [-0.15, -0.1) is 0 Å². The summed E-state index contributed by atoms with van der Waals surface area (Å²) in [7, 11) is 0. The summed E-state index contributed by atoms with van der Waals surface area (Å²) < 4.78 is 22.1. The Hall–Kier alpha value is -3.14. The molecule has 0 amide bonds. The highest BCUT2D eigenvalue weighted by molar-refractivity contribution is 5.80. The topological polar surface area (TPSA) is 27.1 Å². The number of rotatable bonds is 5. The van der Waals surface area contributed by atoms with Crippen molar-refractivity contribution in [2.75, 3.05) is 6.61 Å². The fraction of sp³-hybridized carbons (Fsp3) is 0.0952. The number of imidazole rings is 1. The maximum Gasteiger partial charge on any atom is 0.144 e. The third-order valence-electron chi connectivity index (χ3n) is 4.10. The van der Waals surface area contributed by atoms with Crippen LogP contribution in [0.25, 0.3) is 22.4 Å². The molecule has 0 saturated heterocycles. The van der Waals surface area contributed by atoms with Gasteiger partial charge in [0.1, 0.15) is 24.0 Å². The van der Waals surface area contributed by atoms with E-state index < -0.39 is 0 Å². The Bertz CT molecular complexity index is 995. The predicted octanol–water partition coefficient (Wildman–Crippen LogP) is 4.92. The van der Waals surface area contributed by atoms with Crippen LogP contribution in [0.15, 0.2) is 78.9 Å². The van der Waals surface area contributed by atoms with Crippen LogP contribution >= 0.6 is 0 Å². The largest absolute Gasteiger partial charge is 0.492 e. The van der Waals surface area contributed by atoms with Crippen molar-refractivity contribution in [2.45, 2.75) is 6.54 Å². The van der Waals surface area contributed by atoms with Crippen molar-refractivity contribution in [1.82, 2.24) is 9.55 Å². The van der Waals surface area contributed by atoms with E-state index in [-0.39, 0.29) is 5.82 Å². The van der Waals surface area contributed by atoms with Crippen LogP contribution < -0.4 is 4.74 Å². The van der Waals surface area contributed by atoms with E-state index in [1.807, 2.05) is 65.2 Å². The zero-order chi connectivity index (χ0) is 17.1. The van der Waals surface area contributed by atoms with Gasteiger partial charge in [-0.05, 0) is 36.4 Å². The molecule has 0 N–H and O–H groups in total. The summed E-state index contributed by atoms with van der Waals surface area (Å²) in [4.78, 5) is 4.64. The van der Waals surface area contributed by atoms with E-state index in [9.17, 15) is 4.39 Å². The molecule has 0 radical (unpaired) electrons. The second-order valence-corrected chi connectivity index (χ2v) is 5.72. The molecule has 0 fully saturated rings. The molecule has 3 aromatic carbocycles. The van der Waals surface area contributed by atoms with E-state index in [0.717, 1.165) is 16.8 Å². The van der Waals surface area contributed by atoms with Crippen molar-refractivity contribution in [3.8, 4) is 17.1 Å². The van der Waals surface area contributed by atoms with E-state index in [0.29, 0.717) is 24.5 Å². The smallest absolute Gasteiger partial charge is 0.144 e. The monoisotopic (exact) mass is 332 g/mol. The Kier molecular flexibility index (Phi) is 4.17. The Balaban J connectivity index is 1.69. The van der Waals surface area contributed by atoms with Gasteiger partial charge in [0, 0.05) is 0 Å². The molecule has 25 heavy (non-hydrogen) atoms. The van der Waals surface area contributed by atoms with E-state index in [1.165, 1.54) is 6.07 Å². The van der Waals surface area contributed by atoms with E-state index >= 15 is 0 Å². The summed E-state index contributed by atoms with van der Waals surface area (Å²) in [6.07, 6.45) is 0. The molecule has 124 valence electrons. The minimum absolute atomic E-state index is 0.275. The van der Waals surface area contributed by atoms with Gasteiger partial charge in [-0.2, -0.15) is 0 Å². The van der Waals surface area contributed by atoms with Gasteiger partial charge in [0.05, 0.1) is 23.1 Å². The van der Waals surface area contributed by atoms with E-state index in [2.05, 4.69) is 4.98 Å². The second-order valence-electron chi connectivity index (χ2n) is 5.72. The van der Waals surface area contributed by atoms with Crippen LogP contribution in [0.2, 0.25) is 0 Å². The number of halogens is 1. The molecule has 0 aliphatic heterocycles. The number of nitrogens with zero attached hydrogens (tertiary/aromatic N) is 2. The fourth-order valence-electron chi connectivity index (χ4n) is 2.92. The molecule has 0 unspecified atom stereocenters. The highest BCUT2D eigenvalue weighted by Crippen LogP contribution is 2.26. The van der Waals surface area contributed by atoms with Crippen molar-refractivity contribution in [3.05, 3.63) is 84.7 Å². The van der Waals surface area contributed by atoms with Crippen LogP contribution in [0.3, 0.4) is 0 Å². The van der Waals surface area contributed by atoms with Gasteiger partial charge in [0.15, 0.2) is 0 Å². The fourth-order valence-corrected chi connectivity index (χ4v) is 2.92. The molecule has 0 saturated carbocycles. The van der Waals surface area contributed by atoms with Crippen molar-refractivity contribution in [2.24, 2.45) is 0 Å². The lowest BCUT2D eigenvalue weighted by Crippen LogP contribution is -2.10. The summed E-state index contributed by atoms with van der Waals surface area (Å²) in [6.45, 7) is 1.06.